The molecule has 4 heteroatoms. The Hall–Kier alpha value is -1.16. The third-order valence-corrected chi connectivity index (χ3v) is 2.47. The van der Waals surface area contributed by atoms with Crippen molar-refractivity contribution >= 4 is 0 Å². The van der Waals surface area contributed by atoms with Crippen molar-refractivity contribution in [3.05, 3.63) is 24.0 Å². The van der Waals surface area contributed by atoms with Crippen LogP contribution in [0, 0.1) is 0 Å². The van der Waals surface area contributed by atoms with Crippen molar-refractivity contribution in [1.82, 2.24) is 20.3 Å². The number of hydrogen-bond donors (Lipinski definition) is 1. The Bertz CT molecular complexity index is 325. The van der Waals surface area contributed by atoms with E-state index in [-0.39, 0.29) is 0 Å². The predicted molar refractivity (Wildman–Crippen MR) is 59.5 cm³/mol. The second-order valence-corrected chi connectivity index (χ2v) is 4.08. The predicted octanol–water partition coefficient (Wildman–Crippen LogP) is 1.06. The molecule has 0 aromatic carbocycles. The maximum absolute atomic E-state index is 4.02. The van der Waals surface area contributed by atoms with E-state index in [0.29, 0.717) is 0 Å². The van der Waals surface area contributed by atoms with Crippen molar-refractivity contribution in [2.24, 2.45) is 7.05 Å². The molecule has 0 unspecified atom stereocenters. The fourth-order valence-corrected chi connectivity index (χ4v) is 1.47. The first-order chi connectivity index (χ1) is 7.34. The molecular formula is C11H18N4. The first kappa shape index (κ1) is 10.4. The molecule has 1 fully saturated rings. The third-order valence-electron chi connectivity index (χ3n) is 2.47. The molecule has 0 radical (unpaired) electrons. The molecule has 1 aliphatic carbocycles. The Morgan fingerprint density at radius 1 is 1.53 bits per heavy atom. The molecule has 15 heavy (non-hydrogen) atoms. The molecule has 1 aliphatic rings. The fourth-order valence-electron chi connectivity index (χ4n) is 1.47. The van der Waals surface area contributed by atoms with Crippen LogP contribution in [-0.2, 0) is 13.5 Å². The number of rotatable bonds is 6. The van der Waals surface area contributed by atoms with E-state index < -0.39 is 0 Å². The SMILES string of the molecule is Cn1cc(C/C=C/CCNC2CC2)nn1. The molecule has 0 aliphatic heterocycles. The second-order valence-electron chi connectivity index (χ2n) is 4.08. The van der Waals surface area contributed by atoms with Gasteiger partial charge in [-0.1, -0.05) is 17.4 Å². The first-order valence-electron chi connectivity index (χ1n) is 5.58. The van der Waals surface area contributed by atoms with Crippen LogP contribution in [0.3, 0.4) is 0 Å². The van der Waals surface area contributed by atoms with E-state index in [2.05, 4.69) is 27.8 Å². The van der Waals surface area contributed by atoms with Gasteiger partial charge in [0.1, 0.15) is 0 Å². The summed E-state index contributed by atoms with van der Waals surface area (Å²) in [6.07, 6.45) is 11.1. The van der Waals surface area contributed by atoms with Crippen LogP contribution in [0.5, 0.6) is 0 Å². The van der Waals surface area contributed by atoms with Crippen LogP contribution in [0.4, 0.5) is 0 Å². The molecule has 0 saturated heterocycles. The highest BCUT2D eigenvalue weighted by Crippen LogP contribution is 2.18. The standard InChI is InChI=1S/C11H18N4/c1-15-9-11(13-14-15)5-3-2-4-8-12-10-6-7-10/h2-3,9-10,12H,4-8H2,1H3/b3-2+. The van der Waals surface area contributed by atoms with Crippen LogP contribution >= 0.6 is 0 Å². The zero-order valence-electron chi connectivity index (χ0n) is 9.19. The maximum Gasteiger partial charge on any atom is 0.0864 e. The fraction of sp³-hybridized carbons (Fsp3) is 0.636. The van der Waals surface area contributed by atoms with Crippen molar-refractivity contribution in [3.63, 3.8) is 0 Å². The average Bonchev–Trinajstić information content (AvgIpc) is 2.95. The van der Waals surface area contributed by atoms with Crippen LogP contribution in [0.1, 0.15) is 25.0 Å². The molecule has 1 N–H and O–H groups in total. The molecule has 2 rings (SSSR count). The lowest BCUT2D eigenvalue weighted by Crippen LogP contribution is -2.16. The van der Waals surface area contributed by atoms with E-state index in [0.717, 1.165) is 31.1 Å². The topological polar surface area (TPSA) is 42.7 Å². The summed E-state index contributed by atoms with van der Waals surface area (Å²) in [5.74, 6) is 0. The van der Waals surface area contributed by atoms with Gasteiger partial charge in [-0.2, -0.15) is 0 Å². The lowest BCUT2D eigenvalue weighted by atomic mass is 10.3. The Labute approximate surface area is 90.4 Å². The van der Waals surface area contributed by atoms with Crippen LogP contribution in [0.25, 0.3) is 0 Å². The minimum atomic E-state index is 0.818. The number of allylic oxidation sites excluding steroid dienone is 1. The Kier molecular flexibility index (Phi) is 3.50. The molecule has 1 aromatic rings. The first-order valence-corrected chi connectivity index (χ1v) is 5.58. The summed E-state index contributed by atoms with van der Waals surface area (Å²) in [6, 6.07) is 0.818. The van der Waals surface area contributed by atoms with Gasteiger partial charge in [0.05, 0.1) is 5.69 Å². The number of hydrogen-bond acceptors (Lipinski definition) is 3. The number of nitrogens with one attached hydrogen (secondary N) is 1. The number of aromatic nitrogens is 3. The monoisotopic (exact) mass is 206 g/mol. The van der Waals surface area contributed by atoms with E-state index in [4.69, 9.17) is 0 Å². The van der Waals surface area contributed by atoms with Crippen LogP contribution in [-0.4, -0.2) is 27.6 Å². The molecule has 1 saturated carbocycles. The van der Waals surface area contributed by atoms with Gasteiger partial charge in [0.15, 0.2) is 0 Å². The van der Waals surface area contributed by atoms with Gasteiger partial charge < -0.3 is 5.32 Å². The van der Waals surface area contributed by atoms with E-state index in [1.165, 1.54) is 12.8 Å². The molecule has 0 bridgehead atoms. The summed E-state index contributed by atoms with van der Waals surface area (Å²) in [5, 5.41) is 11.4. The molecule has 0 amide bonds. The normalized spacial score (nSPS) is 16.3. The highest BCUT2D eigenvalue weighted by molar-refractivity contribution is 5.00. The summed E-state index contributed by atoms with van der Waals surface area (Å²) in [4.78, 5) is 0. The molecule has 1 heterocycles. The summed E-state index contributed by atoms with van der Waals surface area (Å²) < 4.78 is 1.73. The Morgan fingerprint density at radius 3 is 3.07 bits per heavy atom. The van der Waals surface area contributed by atoms with Crippen LogP contribution in [0.2, 0.25) is 0 Å². The van der Waals surface area contributed by atoms with Crippen molar-refractivity contribution in [2.75, 3.05) is 6.54 Å². The zero-order valence-corrected chi connectivity index (χ0v) is 9.19. The van der Waals surface area contributed by atoms with Crippen LogP contribution in [0.15, 0.2) is 18.3 Å². The summed E-state index contributed by atoms with van der Waals surface area (Å²) in [7, 11) is 1.89. The van der Waals surface area contributed by atoms with Gasteiger partial charge in [0, 0.05) is 25.7 Å². The largest absolute Gasteiger partial charge is 0.314 e. The lowest BCUT2D eigenvalue weighted by molar-refractivity contribution is 0.689. The lowest BCUT2D eigenvalue weighted by Gasteiger charge is -1.96. The smallest absolute Gasteiger partial charge is 0.0864 e. The molecule has 0 atom stereocenters. The highest BCUT2D eigenvalue weighted by atomic mass is 15.4. The van der Waals surface area contributed by atoms with Gasteiger partial charge in [-0.25, -0.2) is 0 Å². The van der Waals surface area contributed by atoms with E-state index >= 15 is 0 Å². The number of aryl methyl sites for hydroxylation is 1. The number of nitrogens with zero attached hydrogens (tertiary/aromatic N) is 3. The molecule has 82 valence electrons. The van der Waals surface area contributed by atoms with Gasteiger partial charge >= 0.3 is 0 Å². The Morgan fingerprint density at radius 2 is 2.40 bits per heavy atom. The summed E-state index contributed by atoms with van der Waals surface area (Å²) in [6.45, 7) is 1.10. The summed E-state index contributed by atoms with van der Waals surface area (Å²) in [5.41, 5.74) is 1.03. The second kappa shape index (κ2) is 5.07. The van der Waals surface area contributed by atoms with E-state index in [1.807, 2.05) is 13.2 Å². The Balaban J connectivity index is 1.57. The van der Waals surface area contributed by atoms with Crippen molar-refractivity contribution in [1.29, 1.82) is 0 Å². The van der Waals surface area contributed by atoms with E-state index in [1.54, 1.807) is 4.68 Å². The van der Waals surface area contributed by atoms with Gasteiger partial charge in [-0.3, -0.25) is 4.68 Å². The van der Waals surface area contributed by atoms with Gasteiger partial charge in [-0.05, 0) is 25.8 Å². The van der Waals surface area contributed by atoms with Crippen molar-refractivity contribution in [3.8, 4) is 0 Å². The quantitative estimate of drug-likeness (QED) is 0.559. The minimum absolute atomic E-state index is 0.818. The van der Waals surface area contributed by atoms with Gasteiger partial charge in [0.2, 0.25) is 0 Å². The van der Waals surface area contributed by atoms with Gasteiger partial charge in [0.25, 0.3) is 0 Å². The average molecular weight is 206 g/mol. The molecule has 0 spiro atoms. The van der Waals surface area contributed by atoms with Crippen molar-refractivity contribution in [2.45, 2.75) is 31.7 Å². The van der Waals surface area contributed by atoms with E-state index in [9.17, 15) is 0 Å². The highest BCUT2D eigenvalue weighted by Gasteiger charge is 2.19. The van der Waals surface area contributed by atoms with Gasteiger partial charge in [-0.15, -0.1) is 5.10 Å². The zero-order chi connectivity index (χ0) is 10.5. The minimum Gasteiger partial charge on any atom is -0.314 e. The summed E-state index contributed by atoms with van der Waals surface area (Å²) >= 11 is 0. The maximum atomic E-state index is 4.02. The molecule has 4 nitrogen and oxygen atoms in total. The molecular weight excluding hydrogens is 188 g/mol. The molecule has 1 aromatic heterocycles. The van der Waals surface area contributed by atoms with Crippen molar-refractivity contribution < 1.29 is 0 Å². The van der Waals surface area contributed by atoms with Crippen LogP contribution < -0.4 is 5.32 Å². The third kappa shape index (κ3) is 3.83.